The van der Waals surface area contributed by atoms with Crippen LogP contribution in [0.5, 0.6) is 0 Å². The second kappa shape index (κ2) is 6.93. The molecule has 0 aromatic heterocycles. The van der Waals surface area contributed by atoms with Crippen LogP contribution in [-0.2, 0) is 17.5 Å². The van der Waals surface area contributed by atoms with Gasteiger partial charge in [0.05, 0.1) is 11.6 Å². The molecule has 0 bridgehead atoms. The average Bonchev–Trinajstić information content (AvgIpc) is 2.36. The first-order valence-electron chi connectivity index (χ1n) is 6.78. The molecule has 0 aliphatic carbocycles. The van der Waals surface area contributed by atoms with Crippen molar-refractivity contribution in [2.45, 2.75) is 39.0 Å². The van der Waals surface area contributed by atoms with E-state index in [1.807, 2.05) is 13.8 Å². The predicted molar refractivity (Wildman–Crippen MR) is 75.3 cm³/mol. The van der Waals surface area contributed by atoms with Gasteiger partial charge in [0.25, 0.3) is 0 Å². The molecule has 0 saturated carbocycles. The highest BCUT2D eigenvalue weighted by molar-refractivity contribution is 5.81. The number of alkyl halides is 3. The first kappa shape index (κ1) is 17.5. The third-order valence-electron chi connectivity index (χ3n) is 3.12. The van der Waals surface area contributed by atoms with Gasteiger partial charge in [-0.15, -0.1) is 0 Å². The lowest BCUT2D eigenvalue weighted by Gasteiger charge is -2.22. The van der Waals surface area contributed by atoms with E-state index in [4.69, 9.17) is 5.73 Å². The molecule has 0 unspecified atom stereocenters. The molecule has 0 heterocycles. The minimum absolute atomic E-state index is 0.205. The van der Waals surface area contributed by atoms with Crippen molar-refractivity contribution in [2.75, 3.05) is 7.05 Å². The number of nitrogens with two attached hydrogens (primary N) is 1. The highest BCUT2D eigenvalue weighted by Crippen LogP contribution is 2.29. The number of halogens is 3. The average molecular weight is 302 g/mol. The summed E-state index contributed by atoms with van der Waals surface area (Å²) in [4.78, 5) is 13.5. The number of nitrogens with zero attached hydrogens (tertiary/aromatic N) is 1. The van der Waals surface area contributed by atoms with E-state index in [9.17, 15) is 18.0 Å². The van der Waals surface area contributed by atoms with Crippen LogP contribution in [-0.4, -0.2) is 23.9 Å². The van der Waals surface area contributed by atoms with Crippen LogP contribution in [0, 0.1) is 5.92 Å². The number of carbonyl (C=O) groups excluding carboxylic acids is 1. The van der Waals surface area contributed by atoms with Crippen molar-refractivity contribution in [1.82, 2.24) is 4.90 Å². The molecule has 118 valence electrons. The van der Waals surface area contributed by atoms with Gasteiger partial charge in [0, 0.05) is 13.6 Å². The summed E-state index contributed by atoms with van der Waals surface area (Å²) >= 11 is 0. The smallest absolute Gasteiger partial charge is 0.340 e. The summed E-state index contributed by atoms with van der Waals surface area (Å²) in [5, 5.41) is 0. The topological polar surface area (TPSA) is 46.3 Å². The fraction of sp³-hybridized carbons (Fsp3) is 0.533. The standard InChI is InChI=1S/C15H21F3N2O/c1-10(2)8-13(19)14(21)20(3)9-11-4-6-12(7-5-11)15(16,17)18/h4-7,10,13H,8-9,19H2,1-3H3/t13-/m0/s1. The lowest BCUT2D eigenvalue weighted by molar-refractivity contribution is -0.137. The predicted octanol–water partition coefficient (Wildman–Crippen LogP) is 3.04. The van der Waals surface area contributed by atoms with Gasteiger partial charge in [-0.25, -0.2) is 0 Å². The van der Waals surface area contributed by atoms with Crippen LogP contribution in [0.25, 0.3) is 0 Å². The lowest BCUT2D eigenvalue weighted by Crippen LogP contribution is -2.42. The van der Waals surface area contributed by atoms with Crippen molar-refractivity contribution >= 4 is 5.91 Å². The molecule has 0 aliphatic rings. The number of likely N-dealkylation sites (N-methyl/N-ethyl adjacent to an activating group) is 1. The molecule has 0 saturated heterocycles. The van der Waals surface area contributed by atoms with Crippen molar-refractivity contribution in [3.8, 4) is 0 Å². The third-order valence-corrected chi connectivity index (χ3v) is 3.12. The zero-order chi connectivity index (χ0) is 16.2. The molecule has 21 heavy (non-hydrogen) atoms. The van der Waals surface area contributed by atoms with E-state index in [-0.39, 0.29) is 12.5 Å². The van der Waals surface area contributed by atoms with Crippen molar-refractivity contribution in [3.63, 3.8) is 0 Å². The zero-order valence-electron chi connectivity index (χ0n) is 12.4. The summed E-state index contributed by atoms with van der Waals surface area (Å²) in [5.41, 5.74) is 5.75. The fourth-order valence-electron chi connectivity index (χ4n) is 2.04. The van der Waals surface area contributed by atoms with E-state index >= 15 is 0 Å². The molecule has 6 heteroatoms. The van der Waals surface area contributed by atoms with Crippen LogP contribution in [0.3, 0.4) is 0 Å². The molecule has 1 amide bonds. The largest absolute Gasteiger partial charge is 0.416 e. The Bertz CT molecular complexity index is 469. The lowest BCUT2D eigenvalue weighted by atomic mass is 10.0. The van der Waals surface area contributed by atoms with Crippen LogP contribution < -0.4 is 5.73 Å². The third kappa shape index (κ3) is 5.38. The van der Waals surface area contributed by atoms with Crippen molar-refractivity contribution in [1.29, 1.82) is 0 Å². The number of hydrogen-bond acceptors (Lipinski definition) is 2. The van der Waals surface area contributed by atoms with Gasteiger partial charge in [0.1, 0.15) is 0 Å². The summed E-state index contributed by atoms with van der Waals surface area (Å²) in [5.74, 6) is 0.104. The fourth-order valence-corrected chi connectivity index (χ4v) is 2.04. The first-order valence-corrected chi connectivity index (χ1v) is 6.78. The SMILES string of the molecule is CC(C)C[C@H](N)C(=O)N(C)Cc1ccc(C(F)(F)F)cc1. The van der Waals surface area contributed by atoms with Gasteiger partial charge in [-0.2, -0.15) is 13.2 Å². The number of hydrogen-bond donors (Lipinski definition) is 1. The molecule has 2 N–H and O–H groups in total. The maximum Gasteiger partial charge on any atom is 0.416 e. The summed E-state index contributed by atoms with van der Waals surface area (Å²) < 4.78 is 37.4. The summed E-state index contributed by atoms with van der Waals surface area (Å²) in [6, 6.07) is 4.20. The van der Waals surface area contributed by atoms with Gasteiger partial charge in [0.2, 0.25) is 5.91 Å². The Morgan fingerprint density at radius 1 is 1.24 bits per heavy atom. The molecule has 1 aromatic rings. The molecule has 3 nitrogen and oxygen atoms in total. The van der Waals surface area contributed by atoms with Crippen LogP contribution in [0.4, 0.5) is 13.2 Å². The Balaban J connectivity index is 2.66. The Morgan fingerprint density at radius 2 is 1.76 bits per heavy atom. The zero-order valence-corrected chi connectivity index (χ0v) is 12.4. The molecule has 0 fully saturated rings. The van der Waals surface area contributed by atoms with Crippen LogP contribution in [0.1, 0.15) is 31.4 Å². The Morgan fingerprint density at radius 3 is 2.19 bits per heavy atom. The van der Waals surface area contributed by atoms with E-state index in [1.54, 1.807) is 7.05 Å². The number of amides is 1. The maximum absolute atomic E-state index is 12.5. The number of carbonyl (C=O) groups is 1. The second-order valence-electron chi connectivity index (χ2n) is 5.63. The molecular weight excluding hydrogens is 281 g/mol. The van der Waals surface area contributed by atoms with Gasteiger partial charge in [-0.1, -0.05) is 26.0 Å². The van der Waals surface area contributed by atoms with Gasteiger partial charge in [-0.3, -0.25) is 4.79 Å². The Labute approximate surface area is 122 Å². The minimum Gasteiger partial charge on any atom is -0.340 e. The first-order chi connectivity index (χ1) is 9.61. The van der Waals surface area contributed by atoms with Crippen LogP contribution >= 0.6 is 0 Å². The minimum atomic E-state index is -4.35. The Hall–Kier alpha value is -1.56. The molecule has 0 aliphatic heterocycles. The molecule has 0 spiro atoms. The molecule has 0 radical (unpaired) electrons. The monoisotopic (exact) mass is 302 g/mol. The number of rotatable bonds is 5. The van der Waals surface area contributed by atoms with Crippen LogP contribution in [0.2, 0.25) is 0 Å². The van der Waals surface area contributed by atoms with E-state index < -0.39 is 17.8 Å². The van der Waals surface area contributed by atoms with Gasteiger partial charge < -0.3 is 10.6 Å². The summed E-state index contributed by atoms with van der Waals surface area (Å²) in [6.45, 7) is 4.19. The van der Waals surface area contributed by atoms with E-state index in [0.29, 0.717) is 17.9 Å². The Kier molecular flexibility index (Phi) is 5.78. The van der Waals surface area contributed by atoms with E-state index in [0.717, 1.165) is 12.1 Å². The summed E-state index contributed by atoms with van der Waals surface area (Å²) in [6.07, 6.45) is -3.77. The highest BCUT2D eigenvalue weighted by atomic mass is 19.4. The van der Waals surface area contributed by atoms with Gasteiger partial charge in [0.15, 0.2) is 0 Å². The van der Waals surface area contributed by atoms with E-state index in [2.05, 4.69) is 0 Å². The van der Waals surface area contributed by atoms with Crippen molar-refractivity contribution in [2.24, 2.45) is 11.7 Å². The van der Waals surface area contributed by atoms with E-state index in [1.165, 1.54) is 17.0 Å². The molecule has 1 aromatic carbocycles. The summed E-state index contributed by atoms with van der Waals surface area (Å²) in [7, 11) is 1.60. The van der Waals surface area contributed by atoms with Crippen molar-refractivity contribution in [3.05, 3.63) is 35.4 Å². The molecular formula is C15H21F3N2O. The highest BCUT2D eigenvalue weighted by Gasteiger charge is 2.30. The normalized spacial score (nSPS) is 13.3. The molecule has 1 rings (SSSR count). The van der Waals surface area contributed by atoms with Crippen LogP contribution in [0.15, 0.2) is 24.3 Å². The number of benzene rings is 1. The second-order valence-corrected chi connectivity index (χ2v) is 5.63. The molecule has 1 atom stereocenters. The van der Waals surface area contributed by atoms with Crippen molar-refractivity contribution < 1.29 is 18.0 Å². The van der Waals surface area contributed by atoms with Gasteiger partial charge >= 0.3 is 6.18 Å². The van der Waals surface area contributed by atoms with Gasteiger partial charge in [-0.05, 0) is 30.0 Å². The quantitative estimate of drug-likeness (QED) is 0.908. The maximum atomic E-state index is 12.5.